The molecule has 6 heteroatoms. The number of pyridine rings is 1. The molecule has 0 spiro atoms. The van der Waals surface area contributed by atoms with Gasteiger partial charge in [-0.05, 0) is 24.6 Å². The molecule has 0 radical (unpaired) electrons. The number of aryl methyl sites for hydroxylation is 1. The van der Waals surface area contributed by atoms with Crippen LogP contribution in [0.1, 0.15) is 32.0 Å². The SMILES string of the molecule is Cc1cccc(CNC(=O)c2ccnc(C(=O)N3CCOCC3)c2)c1. The van der Waals surface area contributed by atoms with E-state index in [2.05, 4.69) is 10.3 Å². The van der Waals surface area contributed by atoms with Gasteiger partial charge in [0.25, 0.3) is 11.8 Å². The molecule has 1 saturated heterocycles. The Morgan fingerprint density at radius 3 is 2.76 bits per heavy atom. The first kappa shape index (κ1) is 17.1. The number of rotatable bonds is 4. The summed E-state index contributed by atoms with van der Waals surface area (Å²) in [4.78, 5) is 30.6. The fourth-order valence-electron chi connectivity index (χ4n) is 2.72. The van der Waals surface area contributed by atoms with Crippen molar-refractivity contribution >= 4 is 11.8 Å². The van der Waals surface area contributed by atoms with Gasteiger partial charge in [-0.25, -0.2) is 0 Å². The summed E-state index contributed by atoms with van der Waals surface area (Å²) in [6, 6.07) is 11.1. The van der Waals surface area contributed by atoms with Crippen molar-refractivity contribution in [2.75, 3.05) is 26.3 Å². The Labute approximate surface area is 146 Å². The largest absolute Gasteiger partial charge is 0.378 e. The Balaban J connectivity index is 1.65. The molecule has 0 unspecified atom stereocenters. The third kappa shape index (κ3) is 4.42. The van der Waals surface area contributed by atoms with Crippen LogP contribution in [0.15, 0.2) is 42.6 Å². The normalized spacial score (nSPS) is 14.2. The van der Waals surface area contributed by atoms with Gasteiger partial charge in [0.15, 0.2) is 0 Å². The van der Waals surface area contributed by atoms with Gasteiger partial charge in [0.05, 0.1) is 13.2 Å². The van der Waals surface area contributed by atoms with E-state index >= 15 is 0 Å². The summed E-state index contributed by atoms with van der Waals surface area (Å²) in [6.45, 7) is 4.60. The van der Waals surface area contributed by atoms with Crippen LogP contribution in [0.2, 0.25) is 0 Å². The first-order valence-corrected chi connectivity index (χ1v) is 8.30. The maximum Gasteiger partial charge on any atom is 0.272 e. The average Bonchev–Trinajstić information content (AvgIpc) is 2.66. The number of morpholine rings is 1. The van der Waals surface area contributed by atoms with Gasteiger partial charge in [-0.1, -0.05) is 29.8 Å². The van der Waals surface area contributed by atoms with E-state index in [9.17, 15) is 9.59 Å². The number of ether oxygens (including phenoxy) is 1. The van der Waals surface area contributed by atoms with Crippen molar-refractivity contribution < 1.29 is 14.3 Å². The van der Waals surface area contributed by atoms with E-state index in [0.29, 0.717) is 38.4 Å². The summed E-state index contributed by atoms with van der Waals surface area (Å²) in [6.07, 6.45) is 1.50. The summed E-state index contributed by atoms with van der Waals surface area (Å²) in [5, 5.41) is 2.88. The monoisotopic (exact) mass is 339 g/mol. The van der Waals surface area contributed by atoms with Crippen LogP contribution in [-0.4, -0.2) is 48.0 Å². The fraction of sp³-hybridized carbons (Fsp3) is 0.316. The van der Waals surface area contributed by atoms with E-state index < -0.39 is 0 Å². The zero-order valence-electron chi connectivity index (χ0n) is 14.2. The van der Waals surface area contributed by atoms with E-state index in [1.807, 2.05) is 31.2 Å². The lowest BCUT2D eigenvalue weighted by molar-refractivity contribution is 0.0299. The zero-order valence-corrected chi connectivity index (χ0v) is 14.2. The molecule has 0 bridgehead atoms. The number of hydrogen-bond donors (Lipinski definition) is 1. The molecule has 0 atom stereocenters. The molecule has 3 rings (SSSR count). The average molecular weight is 339 g/mol. The predicted molar refractivity (Wildman–Crippen MR) is 93.3 cm³/mol. The molecule has 2 amide bonds. The number of amides is 2. The quantitative estimate of drug-likeness (QED) is 0.922. The van der Waals surface area contributed by atoms with Crippen molar-refractivity contribution in [3.63, 3.8) is 0 Å². The van der Waals surface area contributed by atoms with Crippen molar-refractivity contribution in [3.05, 3.63) is 65.0 Å². The molecular formula is C19H21N3O3. The lowest BCUT2D eigenvalue weighted by Gasteiger charge is -2.26. The summed E-state index contributed by atoms with van der Waals surface area (Å²) in [5.41, 5.74) is 2.89. The minimum atomic E-state index is -0.222. The maximum absolute atomic E-state index is 12.5. The second-order valence-corrected chi connectivity index (χ2v) is 6.01. The molecule has 1 aliphatic heterocycles. The highest BCUT2D eigenvalue weighted by Gasteiger charge is 2.20. The number of nitrogens with one attached hydrogen (secondary N) is 1. The summed E-state index contributed by atoms with van der Waals surface area (Å²) >= 11 is 0. The lowest BCUT2D eigenvalue weighted by atomic mass is 10.1. The van der Waals surface area contributed by atoms with Gasteiger partial charge in [0, 0.05) is 31.4 Å². The van der Waals surface area contributed by atoms with E-state index in [0.717, 1.165) is 11.1 Å². The van der Waals surface area contributed by atoms with Gasteiger partial charge < -0.3 is 15.0 Å². The lowest BCUT2D eigenvalue weighted by Crippen LogP contribution is -2.41. The first-order valence-electron chi connectivity index (χ1n) is 8.30. The molecule has 0 saturated carbocycles. The van der Waals surface area contributed by atoms with Gasteiger partial charge in [0.2, 0.25) is 0 Å². The zero-order chi connectivity index (χ0) is 17.6. The van der Waals surface area contributed by atoms with Crippen LogP contribution >= 0.6 is 0 Å². The van der Waals surface area contributed by atoms with Crippen LogP contribution in [-0.2, 0) is 11.3 Å². The van der Waals surface area contributed by atoms with Crippen LogP contribution in [0.25, 0.3) is 0 Å². The summed E-state index contributed by atoms with van der Waals surface area (Å²) < 4.78 is 5.25. The highest BCUT2D eigenvalue weighted by Crippen LogP contribution is 2.09. The minimum absolute atomic E-state index is 0.170. The molecule has 6 nitrogen and oxygen atoms in total. The van der Waals surface area contributed by atoms with Crippen molar-refractivity contribution in [2.45, 2.75) is 13.5 Å². The Hall–Kier alpha value is -2.73. The Bertz CT molecular complexity index is 770. The number of carbonyl (C=O) groups is 2. The molecule has 1 aliphatic rings. The molecule has 1 aromatic carbocycles. The van der Waals surface area contributed by atoms with E-state index in [-0.39, 0.29) is 17.5 Å². The predicted octanol–water partition coefficient (Wildman–Crippen LogP) is 1.79. The second-order valence-electron chi connectivity index (χ2n) is 6.01. The van der Waals surface area contributed by atoms with E-state index in [4.69, 9.17) is 4.74 Å². The standard InChI is InChI=1S/C19H21N3O3/c1-14-3-2-4-15(11-14)13-21-18(23)16-5-6-20-17(12-16)19(24)22-7-9-25-10-8-22/h2-6,11-12H,7-10,13H2,1H3,(H,21,23). The summed E-state index contributed by atoms with van der Waals surface area (Å²) in [5.74, 6) is -0.392. The van der Waals surface area contributed by atoms with Crippen molar-refractivity contribution in [2.24, 2.45) is 0 Å². The Morgan fingerprint density at radius 2 is 2.00 bits per heavy atom. The van der Waals surface area contributed by atoms with Gasteiger partial charge in [-0.3, -0.25) is 14.6 Å². The third-order valence-electron chi connectivity index (χ3n) is 4.08. The van der Waals surface area contributed by atoms with Crippen LogP contribution in [0.4, 0.5) is 0 Å². The number of benzene rings is 1. The highest BCUT2D eigenvalue weighted by molar-refractivity contribution is 5.98. The molecule has 1 fully saturated rings. The number of aromatic nitrogens is 1. The van der Waals surface area contributed by atoms with Crippen molar-refractivity contribution in [1.29, 1.82) is 0 Å². The molecule has 1 N–H and O–H groups in total. The van der Waals surface area contributed by atoms with Crippen molar-refractivity contribution in [1.82, 2.24) is 15.2 Å². The van der Waals surface area contributed by atoms with Crippen LogP contribution in [0.5, 0.6) is 0 Å². The molecule has 130 valence electrons. The first-order chi connectivity index (χ1) is 12.1. The Morgan fingerprint density at radius 1 is 1.20 bits per heavy atom. The number of carbonyl (C=O) groups excluding carboxylic acids is 2. The van der Waals surface area contributed by atoms with Gasteiger partial charge in [-0.15, -0.1) is 0 Å². The molecule has 2 heterocycles. The molecule has 1 aromatic heterocycles. The Kier molecular flexibility index (Phi) is 5.40. The topological polar surface area (TPSA) is 71.5 Å². The second kappa shape index (κ2) is 7.90. The number of nitrogens with zero attached hydrogens (tertiary/aromatic N) is 2. The van der Waals surface area contributed by atoms with Crippen LogP contribution in [0, 0.1) is 6.92 Å². The molecule has 0 aliphatic carbocycles. The highest BCUT2D eigenvalue weighted by atomic mass is 16.5. The molecular weight excluding hydrogens is 318 g/mol. The van der Waals surface area contributed by atoms with Crippen molar-refractivity contribution in [3.8, 4) is 0 Å². The third-order valence-corrected chi connectivity index (χ3v) is 4.08. The van der Waals surface area contributed by atoms with Crippen LogP contribution in [0.3, 0.4) is 0 Å². The molecule has 2 aromatic rings. The van der Waals surface area contributed by atoms with Gasteiger partial charge in [0.1, 0.15) is 5.69 Å². The minimum Gasteiger partial charge on any atom is -0.378 e. The van der Waals surface area contributed by atoms with Gasteiger partial charge >= 0.3 is 0 Å². The van der Waals surface area contributed by atoms with Crippen LogP contribution < -0.4 is 5.32 Å². The summed E-state index contributed by atoms with van der Waals surface area (Å²) in [7, 11) is 0. The van der Waals surface area contributed by atoms with E-state index in [1.165, 1.54) is 6.20 Å². The maximum atomic E-state index is 12.5. The van der Waals surface area contributed by atoms with E-state index in [1.54, 1.807) is 17.0 Å². The number of hydrogen-bond acceptors (Lipinski definition) is 4. The fourth-order valence-corrected chi connectivity index (χ4v) is 2.72. The molecule has 25 heavy (non-hydrogen) atoms. The van der Waals surface area contributed by atoms with Gasteiger partial charge in [-0.2, -0.15) is 0 Å². The smallest absolute Gasteiger partial charge is 0.272 e.